The smallest absolute Gasteiger partial charge is 0.416 e. The minimum absolute atomic E-state index is 0.00618. The molecule has 9 nitrogen and oxygen atoms in total. The summed E-state index contributed by atoms with van der Waals surface area (Å²) in [5.41, 5.74) is -1.63. The second kappa shape index (κ2) is 10.6. The van der Waals surface area contributed by atoms with Gasteiger partial charge in [0.25, 0.3) is 10.0 Å². The molecule has 0 saturated heterocycles. The highest BCUT2D eigenvalue weighted by Crippen LogP contribution is 2.40. The zero-order valence-corrected chi connectivity index (χ0v) is 22.5. The van der Waals surface area contributed by atoms with Crippen LogP contribution >= 0.6 is 0 Å². The Morgan fingerprint density at radius 2 is 1.82 bits per heavy atom. The first-order valence-corrected chi connectivity index (χ1v) is 13.9. The van der Waals surface area contributed by atoms with E-state index in [9.17, 15) is 31.2 Å². The minimum atomic E-state index is -4.73. The Morgan fingerprint density at radius 1 is 1.10 bits per heavy atom. The van der Waals surface area contributed by atoms with Crippen molar-refractivity contribution in [2.45, 2.75) is 62.8 Å². The molecule has 2 aliphatic rings. The van der Waals surface area contributed by atoms with Gasteiger partial charge in [-0.25, -0.2) is 13.2 Å². The Bertz CT molecular complexity index is 1350. The molecule has 2 aromatic rings. The van der Waals surface area contributed by atoms with Gasteiger partial charge in [0, 0.05) is 24.6 Å². The molecule has 0 aromatic heterocycles. The number of ether oxygens (including phenoxy) is 2. The van der Waals surface area contributed by atoms with E-state index < -0.39 is 44.5 Å². The summed E-state index contributed by atoms with van der Waals surface area (Å²) in [6, 6.07) is 7.81. The third kappa shape index (κ3) is 7.14. The third-order valence-corrected chi connectivity index (χ3v) is 7.77. The molecule has 2 N–H and O–H groups in total. The number of carbonyl (C=O) groups excluding carboxylic acids is 2. The molecule has 1 saturated carbocycles. The normalized spacial score (nSPS) is 17.6. The molecular weight excluding hydrogens is 539 g/mol. The maximum atomic E-state index is 13.7. The number of halogens is 3. The SMILES string of the molecule is CC(C)(C)OC(=O)Nc1ccc2c(c1)N(S(=O)(=O)c1cccc(C(F)(F)F)c1)C[C@H](CCNC(=O)C1CC1)O2. The zero-order chi connectivity index (χ0) is 28.6. The molecular formula is C26H30F3N3O6S. The summed E-state index contributed by atoms with van der Waals surface area (Å²) in [7, 11) is -4.49. The zero-order valence-electron chi connectivity index (χ0n) is 21.7. The van der Waals surface area contributed by atoms with E-state index in [0.29, 0.717) is 6.07 Å². The first kappa shape index (κ1) is 28.5. The van der Waals surface area contributed by atoms with Crippen LogP contribution in [0.15, 0.2) is 47.4 Å². The number of fused-ring (bicyclic) bond motifs is 1. The average molecular weight is 570 g/mol. The van der Waals surface area contributed by atoms with Crippen LogP contribution in [0.5, 0.6) is 5.75 Å². The number of hydrogen-bond acceptors (Lipinski definition) is 6. The van der Waals surface area contributed by atoms with Gasteiger partial charge < -0.3 is 14.8 Å². The Hall–Kier alpha value is -3.48. The van der Waals surface area contributed by atoms with Crippen molar-refractivity contribution in [2.75, 3.05) is 22.7 Å². The summed E-state index contributed by atoms with van der Waals surface area (Å²) in [6.07, 6.45) is -4.26. The number of alkyl halides is 3. The maximum Gasteiger partial charge on any atom is 0.416 e. The van der Waals surface area contributed by atoms with Crippen molar-refractivity contribution in [1.82, 2.24) is 5.32 Å². The average Bonchev–Trinajstić information content (AvgIpc) is 3.67. The molecule has 13 heteroatoms. The number of anilines is 2. The predicted octanol–water partition coefficient (Wildman–Crippen LogP) is 4.93. The third-order valence-electron chi connectivity index (χ3n) is 6.00. The van der Waals surface area contributed by atoms with Crippen LogP contribution in [0.3, 0.4) is 0 Å². The van der Waals surface area contributed by atoms with Crippen molar-refractivity contribution in [3.05, 3.63) is 48.0 Å². The summed E-state index contributed by atoms with van der Waals surface area (Å²) < 4.78 is 79.6. The van der Waals surface area contributed by atoms with Crippen molar-refractivity contribution >= 4 is 33.4 Å². The van der Waals surface area contributed by atoms with Crippen LogP contribution in [0.25, 0.3) is 0 Å². The highest BCUT2D eigenvalue weighted by Gasteiger charge is 2.37. The maximum absolute atomic E-state index is 13.7. The molecule has 1 aliphatic heterocycles. The lowest BCUT2D eigenvalue weighted by Gasteiger charge is -2.36. The molecule has 0 radical (unpaired) electrons. The molecule has 212 valence electrons. The molecule has 0 unspecified atom stereocenters. The number of amides is 2. The number of carbonyl (C=O) groups is 2. The number of nitrogens with zero attached hydrogens (tertiary/aromatic N) is 1. The van der Waals surface area contributed by atoms with Gasteiger partial charge in [-0.05, 0) is 70.0 Å². The standard InChI is InChI=1S/C26H30F3N3O6S/c1-25(2,3)38-24(34)31-18-9-10-22-21(14-18)32(15-19(37-22)11-12-30-23(33)16-7-8-16)39(35,36)20-6-4-5-17(13-20)26(27,28)29/h4-6,9-10,13-14,16,19H,7-8,11-12,15H2,1-3H3,(H,30,33)(H,31,34)/t19-/m0/s1. The fraction of sp³-hybridized carbons (Fsp3) is 0.462. The van der Waals surface area contributed by atoms with Gasteiger partial charge in [-0.15, -0.1) is 0 Å². The van der Waals surface area contributed by atoms with Crippen LogP contribution in [0, 0.1) is 5.92 Å². The van der Waals surface area contributed by atoms with Crippen LogP contribution < -0.4 is 19.7 Å². The van der Waals surface area contributed by atoms with Gasteiger partial charge in [-0.3, -0.25) is 14.4 Å². The predicted molar refractivity (Wildman–Crippen MR) is 137 cm³/mol. The summed E-state index contributed by atoms with van der Waals surface area (Å²) in [6.45, 7) is 5.07. The second-order valence-corrected chi connectivity index (χ2v) is 12.3. The van der Waals surface area contributed by atoms with Gasteiger partial charge in [0.05, 0.1) is 22.7 Å². The van der Waals surface area contributed by atoms with Gasteiger partial charge in [-0.2, -0.15) is 13.2 Å². The molecule has 2 aromatic carbocycles. The van der Waals surface area contributed by atoms with Crippen LogP contribution in [0.2, 0.25) is 0 Å². The number of rotatable bonds is 7. The summed E-state index contributed by atoms with van der Waals surface area (Å²) in [4.78, 5) is 23.7. The summed E-state index contributed by atoms with van der Waals surface area (Å²) in [5, 5.41) is 5.33. The molecule has 0 spiro atoms. The number of benzene rings is 2. The summed E-state index contributed by atoms with van der Waals surface area (Å²) in [5.74, 6) is 0.0919. The van der Waals surface area contributed by atoms with E-state index >= 15 is 0 Å². The van der Waals surface area contributed by atoms with Crippen molar-refractivity contribution in [2.24, 2.45) is 5.92 Å². The van der Waals surface area contributed by atoms with Crippen molar-refractivity contribution < 1.29 is 40.7 Å². The van der Waals surface area contributed by atoms with E-state index in [0.717, 1.165) is 35.3 Å². The van der Waals surface area contributed by atoms with E-state index in [2.05, 4.69) is 10.6 Å². The van der Waals surface area contributed by atoms with Crippen LogP contribution in [0.4, 0.5) is 29.3 Å². The Labute approximate surface area is 224 Å². The Balaban J connectivity index is 1.64. The molecule has 0 bridgehead atoms. The van der Waals surface area contributed by atoms with Crippen molar-refractivity contribution in [1.29, 1.82) is 0 Å². The second-order valence-electron chi connectivity index (χ2n) is 10.5. The first-order valence-electron chi connectivity index (χ1n) is 12.4. The Kier molecular flexibility index (Phi) is 7.75. The highest BCUT2D eigenvalue weighted by atomic mass is 32.2. The van der Waals surface area contributed by atoms with E-state index in [1.165, 1.54) is 18.2 Å². The fourth-order valence-corrected chi connectivity index (χ4v) is 5.54. The first-order chi connectivity index (χ1) is 18.1. The van der Waals surface area contributed by atoms with Crippen LogP contribution in [-0.4, -0.2) is 45.2 Å². The van der Waals surface area contributed by atoms with E-state index in [1.54, 1.807) is 20.8 Å². The molecule has 1 fully saturated rings. The quantitative estimate of drug-likeness (QED) is 0.489. The molecule has 4 rings (SSSR count). The van der Waals surface area contributed by atoms with Crippen molar-refractivity contribution in [3.63, 3.8) is 0 Å². The van der Waals surface area contributed by atoms with Crippen molar-refractivity contribution in [3.8, 4) is 5.75 Å². The molecule has 1 atom stereocenters. The fourth-order valence-electron chi connectivity index (χ4n) is 4.00. The van der Waals surface area contributed by atoms with Crippen LogP contribution in [0.1, 0.15) is 45.6 Å². The van der Waals surface area contributed by atoms with Gasteiger partial charge in [0.2, 0.25) is 5.91 Å². The lowest BCUT2D eigenvalue weighted by molar-refractivity contribution is -0.137. The van der Waals surface area contributed by atoms with Crippen LogP contribution in [-0.2, 0) is 25.7 Å². The lowest BCUT2D eigenvalue weighted by atomic mass is 10.1. The van der Waals surface area contributed by atoms with Gasteiger partial charge in [0.15, 0.2) is 0 Å². The van der Waals surface area contributed by atoms with E-state index in [-0.39, 0.29) is 48.5 Å². The van der Waals surface area contributed by atoms with E-state index in [1.807, 2.05) is 0 Å². The molecule has 39 heavy (non-hydrogen) atoms. The molecule has 1 aliphatic carbocycles. The number of hydrogen-bond donors (Lipinski definition) is 2. The minimum Gasteiger partial charge on any atom is -0.486 e. The summed E-state index contributed by atoms with van der Waals surface area (Å²) >= 11 is 0. The molecule has 2 amide bonds. The van der Waals surface area contributed by atoms with E-state index in [4.69, 9.17) is 9.47 Å². The largest absolute Gasteiger partial charge is 0.486 e. The molecule has 1 heterocycles. The van der Waals surface area contributed by atoms with Gasteiger partial charge in [0.1, 0.15) is 17.5 Å². The number of nitrogens with one attached hydrogen (secondary N) is 2. The topological polar surface area (TPSA) is 114 Å². The highest BCUT2D eigenvalue weighted by molar-refractivity contribution is 7.92. The monoisotopic (exact) mass is 569 g/mol. The van der Waals surface area contributed by atoms with Gasteiger partial charge >= 0.3 is 12.3 Å². The van der Waals surface area contributed by atoms with Gasteiger partial charge in [-0.1, -0.05) is 6.07 Å². The Morgan fingerprint density at radius 3 is 2.46 bits per heavy atom. The lowest BCUT2D eigenvalue weighted by Crippen LogP contribution is -2.45. The number of sulfonamides is 1.